The number of rotatable bonds is 5. The third-order valence-electron chi connectivity index (χ3n) is 3.05. The van der Waals surface area contributed by atoms with Crippen LogP contribution in [-0.4, -0.2) is 11.4 Å². The zero-order valence-corrected chi connectivity index (χ0v) is 11.6. The van der Waals surface area contributed by atoms with E-state index in [1.54, 1.807) is 0 Å². The minimum atomic E-state index is 0.678. The highest BCUT2D eigenvalue weighted by molar-refractivity contribution is 5.30. The Morgan fingerprint density at radius 3 is 2.71 bits per heavy atom. The van der Waals surface area contributed by atoms with Gasteiger partial charge in [-0.3, -0.25) is 0 Å². The fraction of sp³-hybridized carbons (Fsp3) is 0.500. The molecule has 0 aromatic carbocycles. The van der Waals surface area contributed by atoms with Crippen molar-refractivity contribution in [3.8, 4) is 0 Å². The molecule has 1 aliphatic rings. The van der Waals surface area contributed by atoms with Gasteiger partial charge in [0.15, 0.2) is 0 Å². The van der Waals surface area contributed by atoms with Gasteiger partial charge in [-0.2, -0.15) is 0 Å². The summed E-state index contributed by atoms with van der Waals surface area (Å²) in [6.45, 7) is 9.75. The van der Waals surface area contributed by atoms with Crippen molar-refractivity contribution in [1.82, 2.24) is 4.90 Å². The van der Waals surface area contributed by atoms with Gasteiger partial charge in [-0.25, -0.2) is 0 Å². The molecule has 0 aromatic rings. The summed E-state index contributed by atoms with van der Waals surface area (Å²) in [4.78, 5) is 2.37. The van der Waals surface area contributed by atoms with Gasteiger partial charge in [-0.1, -0.05) is 38.2 Å². The molecule has 0 aromatic heterocycles. The molecule has 94 valence electrons. The summed E-state index contributed by atoms with van der Waals surface area (Å²) >= 11 is 0. The van der Waals surface area contributed by atoms with Crippen LogP contribution in [0.15, 0.2) is 47.9 Å². The monoisotopic (exact) mass is 231 g/mol. The molecular weight excluding hydrogens is 206 g/mol. The SMILES string of the molecule is C/C=C(\C=C/CC)N(CC)C1=CC[C@@H](C)C=C1. The molecule has 0 N–H and O–H groups in total. The lowest BCUT2D eigenvalue weighted by molar-refractivity contribution is 0.468. The van der Waals surface area contributed by atoms with Gasteiger partial charge < -0.3 is 4.90 Å². The Morgan fingerprint density at radius 1 is 1.47 bits per heavy atom. The quantitative estimate of drug-likeness (QED) is 0.622. The van der Waals surface area contributed by atoms with E-state index in [9.17, 15) is 0 Å². The first-order valence-electron chi connectivity index (χ1n) is 6.71. The highest BCUT2D eigenvalue weighted by Gasteiger charge is 2.11. The highest BCUT2D eigenvalue weighted by Crippen LogP contribution is 2.22. The fourth-order valence-electron chi connectivity index (χ4n) is 2.01. The molecule has 0 unspecified atom stereocenters. The summed E-state index contributed by atoms with van der Waals surface area (Å²) in [6, 6.07) is 0. The van der Waals surface area contributed by atoms with Crippen LogP contribution in [0.1, 0.15) is 40.5 Å². The molecule has 0 aliphatic heterocycles. The van der Waals surface area contributed by atoms with E-state index in [0.29, 0.717) is 5.92 Å². The van der Waals surface area contributed by atoms with Crippen LogP contribution in [-0.2, 0) is 0 Å². The Balaban J connectivity index is 2.84. The van der Waals surface area contributed by atoms with Crippen LogP contribution in [0, 0.1) is 5.92 Å². The molecular formula is C16H25N. The average Bonchev–Trinajstić information content (AvgIpc) is 2.36. The Labute approximate surface area is 106 Å². The van der Waals surface area contributed by atoms with E-state index < -0.39 is 0 Å². The minimum absolute atomic E-state index is 0.678. The average molecular weight is 231 g/mol. The second-order valence-corrected chi connectivity index (χ2v) is 4.47. The third kappa shape index (κ3) is 3.92. The second kappa shape index (κ2) is 7.16. The summed E-state index contributed by atoms with van der Waals surface area (Å²) in [5.74, 6) is 0.678. The summed E-state index contributed by atoms with van der Waals surface area (Å²) in [5, 5.41) is 0. The first-order chi connectivity index (χ1) is 8.22. The maximum Gasteiger partial charge on any atom is 0.0367 e. The third-order valence-corrected chi connectivity index (χ3v) is 3.05. The van der Waals surface area contributed by atoms with E-state index in [1.807, 2.05) is 0 Å². The lowest BCUT2D eigenvalue weighted by Gasteiger charge is -2.27. The largest absolute Gasteiger partial charge is 0.342 e. The van der Waals surface area contributed by atoms with Crippen LogP contribution in [0.3, 0.4) is 0 Å². The number of likely N-dealkylation sites (N-methyl/N-ethyl adjacent to an activating group) is 1. The predicted octanol–water partition coefficient (Wildman–Crippen LogP) is 4.66. The second-order valence-electron chi connectivity index (χ2n) is 4.47. The van der Waals surface area contributed by atoms with Crippen LogP contribution in [0.25, 0.3) is 0 Å². The first-order valence-corrected chi connectivity index (χ1v) is 6.71. The van der Waals surface area contributed by atoms with Gasteiger partial charge >= 0.3 is 0 Å². The summed E-state index contributed by atoms with van der Waals surface area (Å²) in [5.41, 5.74) is 2.62. The summed E-state index contributed by atoms with van der Waals surface area (Å²) in [7, 11) is 0. The molecule has 0 radical (unpaired) electrons. The maximum absolute atomic E-state index is 2.37. The van der Waals surface area contributed by atoms with E-state index in [2.05, 4.69) is 69.1 Å². The molecule has 1 heteroatoms. The van der Waals surface area contributed by atoms with Crippen molar-refractivity contribution in [1.29, 1.82) is 0 Å². The van der Waals surface area contributed by atoms with Crippen LogP contribution >= 0.6 is 0 Å². The zero-order valence-electron chi connectivity index (χ0n) is 11.6. The van der Waals surface area contributed by atoms with Gasteiger partial charge in [-0.15, -0.1) is 0 Å². The van der Waals surface area contributed by atoms with E-state index in [4.69, 9.17) is 0 Å². The van der Waals surface area contributed by atoms with Gasteiger partial charge in [0.25, 0.3) is 0 Å². The molecule has 1 aliphatic carbocycles. The normalized spacial score (nSPS) is 20.8. The molecule has 0 bridgehead atoms. The lowest BCUT2D eigenvalue weighted by Crippen LogP contribution is -2.21. The molecule has 1 nitrogen and oxygen atoms in total. The first kappa shape index (κ1) is 13.8. The van der Waals surface area contributed by atoms with Gasteiger partial charge in [0.1, 0.15) is 0 Å². The number of nitrogens with zero attached hydrogens (tertiary/aromatic N) is 1. The molecule has 0 fully saturated rings. The van der Waals surface area contributed by atoms with Gasteiger partial charge in [0.05, 0.1) is 0 Å². The Kier molecular flexibility index (Phi) is 5.82. The van der Waals surface area contributed by atoms with E-state index >= 15 is 0 Å². The lowest BCUT2D eigenvalue weighted by atomic mass is 10.0. The zero-order chi connectivity index (χ0) is 12.7. The van der Waals surface area contributed by atoms with Crippen molar-refractivity contribution in [2.24, 2.45) is 5.92 Å². The van der Waals surface area contributed by atoms with Crippen molar-refractivity contribution in [3.63, 3.8) is 0 Å². The van der Waals surface area contributed by atoms with Gasteiger partial charge in [0, 0.05) is 17.9 Å². The molecule has 0 heterocycles. The topological polar surface area (TPSA) is 3.24 Å². The molecule has 1 rings (SSSR count). The van der Waals surface area contributed by atoms with Gasteiger partial charge in [-0.05, 0) is 44.8 Å². The number of hydrogen-bond donors (Lipinski definition) is 0. The molecule has 0 saturated heterocycles. The van der Waals surface area contributed by atoms with Crippen molar-refractivity contribution in [3.05, 3.63) is 47.9 Å². The fourth-order valence-corrected chi connectivity index (χ4v) is 2.01. The summed E-state index contributed by atoms with van der Waals surface area (Å²) in [6.07, 6.45) is 15.7. The smallest absolute Gasteiger partial charge is 0.0367 e. The van der Waals surface area contributed by atoms with Gasteiger partial charge in [0.2, 0.25) is 0 Å². The minimum Gasteiger partial charge on any atom is -0.342 e. The van der Waals surface area contributed by atoms with E-state index in [-0.39, 0.29) is 0 Å². The molecule has 17 heavy (non-hydrogen) atoms. The molecule has 0 amide bonds. The Bertz CT molecular complexity index is 341. The number of allylic oxidation sites excluding steroid dienone is 6. The van der Waals surface area contributed by atoms with E-state index in [1.165, 1.54) is 11.4 Å². The van der Waals surface area contributed by atoms with E-state index in [0.717, 1.165) is 19.4 Å². The van der Waals surface area contributed by atoms with Crippen molar-refractivity contribution < 1.29 is 0 Å². The Morgan fingerprint density at radius 2 is 2.24 bits per heavy atom. The molecule has 0 spiro atoms. The summed E-state index contributed by atoms with van der Waals surface area (Å²) < 4.78 is 0. The Hall–Kier alpha value is -1.24. The number of hydrogen-bond acceptors (Lipinski definition) is 1. The van der Waals surface area contributed by atoms with Crippen LogP contribution in [0.5, 0.6) is 0 Å². The standard InChI is InChI=1S/C16H25N/c1-5-8-9-15(6-2)17(7-3)16-12-10-14(4)11-13-16/h6,8-10,12-14H,5,7,11H2,1-4H3/b9-8-,15-6+/t14-/m0/s1. The highest BCUT2D eigenvalue weighted by atomic mass is 15.1. The molecule has 0 saturated carbocycles. The van der Waals surface area contributed by atoms with Crippen LogP contribution < -0.4 is 0 Å². The van der Waals surface area contributed by atoms with Crippen molar-refractivity contribution in [2.75, 3.05) is 6.54 Å². The van der Waals surface area contributed by atoms with Crippen LogP contribution in [0.4, 0.5) is 0 Å². The van der Waals surface area contributed by atoms with Crippen LogP contribution in [0.2, 0.25) is 0 Å². The molecule has 1 atom stereocenters. The van der Waals surface area contributed by atoms with Crippen molar-refractivity contribution >= 4 is 0 Å². The van der Waals surface area contributed by atoms with Crippen molar-refractivity contribution in [2.45, 2.75) is 40.5 Å². The maximum atomic E-state index is 2.37. The predicted molar refractivity (Wildman–Crippen MR) is 76.6 cm³/mol.